The molecule has 1 saturated heterocycles. The Morgan fingerprint density at radius 2 is 2.00 bits per heavy atom. The molecule has 1 fully saturated rings. The van der Waals surface area contributed by atoms with E-state index in [0.29, 0.717) is 5.75 Å². The third-order valence-electron chi connectivity index (χ3n) is 2.86. The predicted octanol–water partition coefficient (Wildman–Crippen LogP) is -0.943. The van der Waals surface area contributed by atoms with Crippen LogP contribution in [-0.2, 0) is 24.8 Å². The molecule has 20 heavy (non-hydrogen) atoms. The molecule has 0 aromatic rings. The summed E-state index contributed by atoms with van der Waals surface area (Å²) >= 11 is 1.38. The van der Waals surface area contributed by atoms with Gasteiger partial charge in [-0.15, -0.1) is 0 Å². The van der Waals surface area contributed by atoms with Gasteiger partial charge < -0.3 is 5.11 Å². The van der Waals surface area contributed by atoms with Crippen molar-refractivity contribution in [1.29, 1.82) is 0 Å². The van der Waals surface area contributed by atoms with Crippen LogP contribution in [0, 0.1) is 0 Å². The van der Waals surface area contributed by atoms with Crippen LogP contribution in [0.3, 0.4) is 0 Å². The smallest absolute Gasteiger partial charge is 0.304 e. The van der Waals surface area contributed by atoms with Crippen molar-refractivity contribution in [1.82, 2.24) is 8.61 Å². The molecule has 0 spiro atoms. The van der Waals surface area contributed by atoms with Gasteiger partial charge in [0.15, 0.2) is 9.84 Å². The molecule has 0 amide bonds. The normalized spacial score (nSPS) is 22.1. The molecule has 0 saturated carbocycles. The molecule has 1 atom stereocenters. The largest absolute Gasteiger partial charge is 0.481 e. The Labute approximate surface area is 123 Å². The van der Waals surface area contributed by atoms with Crippen molar-refractivity contribution in [3.05, 3.63) is 0 Å². The van der Waals surface area contributed by atoms with Gasteiger partial charge in [-0.2, -0.15) is 28.8 Å². The number of carbonyl (C=O) groups is 1. The number of nitrogens with zero attached hydrogens (tertiary/aromatic N) is 2. The molecule has 1 N–H and O–H groups in total. The van der Waals surface area contributed by atoms with Gasteiger partial charge in [0.1, 0.15) is 5.37 Å². The number of thioether (sulfide) groups is 1. The molecular formula is C9H18N2O6S3. The lowest BCUT2D eigenvalue weighted by atomic mass is 10.4. The topological polar surface area (TPSA) is 112 Å². The number of rotatable bonds is 6. The summed E-state index contributed by atoms with van der Waals surface area (Å²) in [5.74, 6) is -0.413. The van der Waals surface area contributed by atoms with Crippen molar-refractivity contribution in [3.8, 4) is 0 Å². The average Bonchev–Trinajstić information content (AvgIpc) is 2.34. The van der Waals surface area contributed by atoms with Crippen molar-refractivity contribution in [2.75, 3.05) is 37.9 Å². The Morgan fingerprint density at radius 3 is 2.50 bits per heavy atom. The fourth-order valence-electron chi connectivity index (χ4n) is 1.71. The molecule has 1 rings (SSSR count). The maximum atomic E-state index is 12.3. The summed E-state index contributed by atoms with van der Waals surface area (Å²) in [6, 6.07) is 0. The molecule has 0 aromatic heterocycles. The summed E-state index contributed by atoms with van der Waals surface area (Å²) in [5, 5.41) is 7.49. The lowest BCUT2D eigenvalue weighted by Crippen LogP contribution is -2.54. The highest BCUT2D eigenvalue weighted by atomic mass is 32.2. The van der Waals surface area contributed by atoms with Gasteiger partial charge in [-0.3, -0.25) is 4.79 Å². The second-order valence-corrected chi connectivity index (χ2v) is 9.78. The van der Waals surface area contributed by atoms with Crippen LogP contribution in [0.1, 0.15) is 6.42 Å². The number of hydrogen-bond acceptors (Lipinski definition) is 6. The fraction of sp³-hybridized carbons (Fsp3) is 0.889. The van der Waals surface area contributed by atoms with Gasteiger partial charge in [0.05, 0.1) is 6.42 Å². The van der Waals surface area contributed by atoms with Gasteiger partial charge in [-0.05, 0) is 0 Å². The first kappa shape index (κ1) is 17.7. The molecule has 1 unspecified atom stereocenters. The van der Waals surface area contributed by atoms with Crippen LogP contribution in [0.25, 0.3) is 0 Å². The van der Waals surface area contributed by atoms with Gasteiger partial charge in [0, 0.05) is 37.9 Å². The minimum Gasteiger partial charge on any atom is -0.481 e. The highest BCUT2D eigenvalue weighted by Crippen LogP contribution is 2.24. The molecule has 8 nitrogen and oxygen atoms in total. The highest BCUT2D eigenvalue weighted by molar-refractivity contribution is 8.01. The van der Waals surface area contributed by atoms with Gasteiger partial charge in [-0.25, -0.2) is 8.42 Å². The van der Waals surface area contributed by atoms with E-state index >= 15 is 0 Å². The highest BCUT2D eigenvalue weighted by Gasteiger charge is 2.40. The zero-order valence-corrected chi connectivity index (χ0v) is 13.7. The van der Waals surface area contributed by atoms with Gasteiger partial charge in [0.2, 0.25) is 0 Å². The molecule has 0 aromatic carbocycles. The van der Waals surface area contributed by atoms with Crippen molar-refractivity contribution in [2.24, 2.45) is 0 Å². The van der Waals surface area contributed by atoms with Crippen molar-refractivity contribution in [3.63, 3.8) is 0 Å². The van der Waals surface area contributed by atoms with E-state index in [1.807, 2.05) is 0 Å². The molecular weight excluding hydrogens is 328 g/mol. The van der Waals surface area contributed by atoms with E-state index in [4.69, 9.17) is 5.11 Å². The van der Waals surface area contributed by atoms with Crippen LogP contribution in [0.2, 0.25) is 0 Å². The molecule has 1 aliphatic rings. The molecule has 0 radical (unpaired) electrons. The Balaban J connectivity index is 2.96. The van der Waals surface area contributed by atoms with Crippen molar-refractivity contribution >= 4 is 37.8 Å². The predicted molar refractivity (Wildman–Crippen MR) is 76.5 cm³/mol. The summed E-state index contributed by atoms with van der Waals surface area (Å²) in [6.07, 6.45) is 0.672. The Bertz CT molecular complexity index is 558. The van der Waals surface area contributed by atoms with E-state index in [1.54, 1.807) is 0 Å². The van der Waals surface area contributed by atoms with Gasteiger partial charge in [-0.1, -0.05) is 0 Å². The number of sulfone groups is 1. The zero-order valence-electron chi connectivity index (χ0n) is 11.2. The fourth-order valence-corrected chi connectivity index (χ4v) is 6.78. The maximum absolute atomic E-state index is 12.3. The first-order chi connectivity index (χ1) is 9.06. The van der Waals surface area contributed by atoms with E-state index < -0.39 is 31.4 Å². The minimum atomic E-state index is -3.98. The first-order valence-electron chi connectivity index (χ1n) is 5.78. The maximum Gasteiger partial charge on any atom is 0.304 e. The molecule has 1 aliphatic heterocycles. The Morgan fingerprint density at radius 1 is 1.40 bits per heavy atom. The van der Waals surface area contributed by atoms with Gasteiger partial charge >= 0.3 is 5.97 Å². The third kappa shape index (κ3) is 4.32. The number of carboxylic acid groups (broad SMARTS) is 1. The average molecular weight is 346 g/mol. The molecule has 0 bridgehead atoms. The quantitative estimate of drug-likeness (QED) is 0.660. The second kappa shape index (κ2) is 6.60. The summed E-state index contributed by atoms with van der Waals surface area (Å²) < 4.78 is 49.9. The summed E-state index contributed by atoms with van der Waals surface area (Å²) in [4.78, 5) is 10.5. The van der Waals surface area contributed by atoms with E-state index in [9.17, 15) is 21.6 Å². The number of carboxylic acids is 1. The SMILES string of the molecule is CN(CCC(=O)O)S(=O)(=O)N1CCSCC1S(C)(=O)=O. The van der Waals surface area contributed by atoms with Crippen molar-refractivity contribution < 1.29 is 26.7 Å². The number of hydrogen-bond donors (Lipinski definition) is 1. The van der Waals surface area contributed by atoms with Crippen LogP contribution in [-0.4, -0.2) is 79.8 Å². The molecule has 11 heteroatoms. The lowest BCUT2D eigenvalue weighted by Gasteiger charge is -2.35. The Kier molecular flexibility index (Phi) is 5.84. The van der Waals surface area contributed by atoms with Crippen LogP contribution < -0.4 is 0 Å². The monoisotopic (exact) mass is 346 g/mol. The molecule has 1 heterocycles. The first-order valence-corrected chi connectivity index (χ1v) is 10.3. The van der Waals surface area contributed by atoms with E-state index in [-0.39, 0.29) is 25.3 Å². The van der Waals surface area contributed by atoms with Crippen molar-refractivity contribution in [2.45, 2.75) is 11.8 Å². The third-order valence-corrected chi connectivity index (χ3v) is 7.64. The van der Waals surface area contributed by atoms with Crippen LogP contribution in [0.5, 0.6) is 0 Å². The van der Waals surface area contributed by atoms with Crippen LogP contribution in [0.15, 0.2) is 0 Å². The second-order valence-electron chi connectivity index (χ2n) is 4.44. The lowest BCUT2D eigenvalue weighted by molar-refractivity contribution is -0.137. The van der Waals surface area contributed by atoms with E-state index in [1.165, 1.54) is 18.8 Å². The standard InChI is InChI=1S/C9H18N2O6S3/c1-10(4-3-9(12)13)20(16,17)11-5-6-18-7-8(11)19(2,14)15/h8H,3-7H2,1-2H3,(H,12,13). The number of aliphatic carboxylic acids is 1. The van der Waals surface area contributed by atoms with Crippen LogP contribution >= 0.6 is 11.8 Å². The van der Waals surface area contributed by atoms with E-state index in [2.05, 4.69) is 0 Å². The minimum absolute atomic E-state index is 0.0994. The summed E-state index contributed by atoms with van der Waals surface area (Å²) in [6.45, 7) is -0.0973. The summed E-state index contributed by atoms with van der Waals surface area (Å²) in [5.41, 5.74) is 0. The Hall–Kier alpha value is -0.360. The summed E-state index contributed by atoms with van der Waals surface area (Å²) in [7, 11) is -6.27. The molecule has 118 valence electrons. The zero-order chi connectivity index (χ0) is 15.6. The van der Waals surface area contributed by atoms with E-state index in [0.717, 1.165) is 14.9 Å². The van der Waals surface area contributed by atoms with Gasteiger partial charge in [0.25, 0.3) is 10.2 Å². The molecule has 0 aliphatic carbocycles. The van der Waals surface area contributed by atoms with Crippen LogP contribution in [0.4, 0.5) is 0 Å².